The number of piperazine rings is 1. The number of benzene rings is 1. The van der Waals surface area contributed by atoms with Gasteiger partial charge in [0.25, 0.3) is 5.91 Å². The van der Waals surface area contributed by atoms with Crippen molar-refractivity contribution in [3.05, 3.63) is 41.2 Å². The first-order valence-electron chi connectivity index (χ1n) is 8.89. The van der Waals surface area contributed by atoms with Crippen LogP contribution in [0.1, 0.15) is 28.2 Å². The monoisotopic (exact) mass is 372 g/mol. The first-order valence-corrected chi connectivity index (χ1v) is 8.89. The first kappa shape index (κ1) is 19.1. The summed E-state index contributed by atoms with van der Waals surface area (Å²) < 4.78 is 5.20. The average Bonchev–Trinajstić information content (AvgIpc) is 3.04. The van der Waals surface area contributed by atoms with Crippen molar-refractivity contribution >= 4 is 11.8 Å². The summed E-state index contributed by atoms with van der Waals surface area (Å²) in [5.74, 6) is -0.451. The van der Waals surface area contributed by atoms with Crippen molar-refractivity contribution in [1.29, 1.82) is 0 Å². The van der Waals surface area contributed by atoms with E-state index < -0.39 is 6.04 Å². The summed E-state index contributed by atoms with van der Waals surface area (Å²) in [5, 5.41) is 19.2. The maximum atomic E-state index is 13.1. The number of methoxy groups -OCH3 is 1. The molecule has 3 N–H and O–H groups in total. The highest BCUT2D eigenvalue weighted by molar-refractivity contribution is 5.99. The fourth-order valence-electron chi connectivity index (χ4n) is 3.44. The number of aromatic nitrogens is 2. The number of aliphatic hydroxyl groups is 1. The van der Waals surface area contributed by atoms with E-state index in [0.29, 0.717) is 25.3 Å². The molecule has 1 aliphatic rings. The number of ether oxygens (including phenoxy) is 1. The molecule has 3 rings (SSSR count). The van der Waals surface area contributed by atoms with Crippen molar-refractivity contribution in [2.24, 2.45) is 0 Å². The molecular weight excluding hydrogens is 348 g/mol. The van der Waals surface area contributed by atoms with Crippen molar-refractivity contribution in [3.8, 4) is 11.1 Å². The molecule has 144 valence electrons. The van der Waals surface area contributed by atoms with Crippen LogP contribution >= 0.6 is 0 Å². The maximum Gasteiger partial charge on any atom is 0.254 e. The Morgan fingerprint density at radius 3 is 3.00 bits per heavy atom. The molecule has 1 fully saturated rings. The van der Waals surface area contributed by atoms with Gasteiger partial charge in [-0.15, -0.1) is 0 Å². The molecule has 0 bridgehead atoms. The Morgan fingerprint density at radius 2 is 2.26 bits per heavy atom. The molecule has 1 aliphatic heterocycles. The van der Waals surface area contributed by atoms with E-state index in [1.807, 2.05) is 25.1 Å². The molecule has 27 heavy (non-hydrogen) atoms. The maximum absolute atomic E-state index is 13.1. The number of aromatic amines is 1. The minimum atomic E-state index is -0.653. The number of amides is 2. The minimum Gasteiger partial charge on any atom is -0.396 e. The van der Waals surface area contributed by atoms with Crippen LogP contribution in [0.15, 0.2) is 24.3 Å². The minimum absolute atomic E-state index is 0.156. The largest absolute Gasteiger partial charge is 0.396 e. The van der Waals surface area contributed by atoms with Crippen LogP contribution in [-0.4, -0.2) is 64.9 Å². The van der Waals surface area contributed by atoms with Gasteiger partial charge in [-0.1, -0.05) is 12.1 Å². The van der Waals surface area contributed by atoms with Gasteiger partial charge in [-0.3, -0.25) is 14.7 Å². The number of carbonyl (C=O) groups excluding carboxylic acids is 2. The molecule has 0 aliphatic carbocycles. The zero-order valence-electron chi connectivity index (χ0n) is 15.5. The van der Waals surface area contributed by atoms with E-state index in [-0.39, 0.29) is 24.8 Å². The van der Waals surface area contributed by atoms with Gasteiger partial charge in [-0.25, -0.2) is 0 Å². The van der Waals surface area contributed by atoms with E-state index in [1.165, 1.54) is 4.90 Å². The van der Waals surface area contributed by atoms with Crippen LogP contribution in [0.4, 0.5) is 0 Å². The van der Waals surface area contributed by atoms with Crippen molar-refractivity contribution in [1.82, 2.24) is 20.4 Å². The molecule has 1 aromatic heterocycles. The molecule has 1 saturated heterocycles. The van der Waals surface area contributed by atoms with Crippen molar-refractivity contribution < 1.29 is 19.4 Å². The third kappa shape index (κ3) is 3.86. The lowest BCUT2D eigenvalue weighted by molar-refractivity contribution is -0.128. The predicted octanol–water partition coefficient (Wildman–Crippen LogP) is 0.855. The summed E-state index contributed by atoms with van der Waals surface area (Å²) in [6.07, 6.45) is 0.218. The Hall–Kier alpha value is -2.71. The second-order valence-electron chi connectivity index (χ2n) is 6.50. The summed E-state index contributed by atoms with van der Waals surface area (Å²) in [5.41, 5.74) is 3.93. The zero-order chi connectivity index (χ0) is 19.4. The predicted molar refractivity (Wildman–Crippen MR) is 99.0 cm³/mol. The van der Waals surface area contributed by atoms with Crippen LogP contribution in [0, 0.1) is 6.92 Å². The average molecular weight is 372 g/mol. The number of aliphatic hydroxyl groups excluding tert-OH is 1. The van der Waals surface area contributed by atoms with Crippen LogP contribution in [0.25, 0.3) is 11.1 Å². The van der Waals surface area contributed by atoms with Gasteiger partial charge >= 0.3 is 0 Å². The van der Waals surface area contributed by atoms with Crippen LogP contribution in [0.5, 0.6) is 0 Å². The van der Waals surface area contributed by atoms with Gasteiger partial charge in [0.05, 0.1) is 12.3 Å². The Bertz CT molecular complexity index is 833. The van der Waals surface area contributed by atoms with Gasteiger partial charge < -0.3 is 20.1 Å². The zero-order valence-corrected chi connectivity index (χ0v) is 15.5. The number of carbonyl (C=O) groups is 2. The molecule has 2 amide bonds. The molecule has 8 heteroatoms. The van der Waals surface area contributed by atoms with E-state index in [9.17, 15) is 14.7 Å². The number of aryl methyl sites for hydroxylation is 1. The second-order valence-corrected chi connectivity index (χ2v) is 6.50. The molecule has 1 atom stereocenters. The first-order chi connectivity index (χ1) is 13.1. The number of nitrogens with zero attached hydrogens (tertiary/aromatic N) is 2. The quantitative estimate of drug-likeness (QED) is 0.697. The van der Waals surface area contributed by atoms with E-state index in [2.05, 4.69) is 15.5 Å². The van der Waals surface area contributed by atoms with Gasteiger partial charge in [0.2, 0.25) is 5.91 Å². The fourth-order valence-corrected chi connectivity index (χ4v) is 3.44. The van der Waals surface area contributed by atoms with Gasteiger partial charge in [0.15, 0.2) is 0 Å². The number of hydrogen-bond acceptors (Lipinski definition) is 5. The highest BCUT2D eigenvalue weighted by Crippen LogP contribution is 2.27. The standard InChI is InChI=1S/C19H24N4O4/c1-12-17(15(11-27-2)22-21-12)13-4-3-5-14(10-13)19(26)23-8-7-20-18(25)16(23)6-9-24/h3-5,10,16,24H,6-9,11H2,1-2H3,(H,20,25)(H,21,22). The Labute approximate surface area is 157 Å². The molecule has 1 unspecified atom stereocenters. The molecule has 0 radical (unpaired) electrons. The van der Waals surface area contributed by atoms with Crippen LogP contribution in [-0.2, 0) is 16.1 Å². The number of rotatable bonds is 6. The van der Waals surface area contributed by atoms with Gasteiger partial charge in [0, 0.05) is 43.6 Å². The van der Waals surface area contributed by atoms with E-state index in [1.54, 1.807) is 13.2 Å². The fraction of sp³-hybridized carbons (Fsp3) is 0.421. The van der Waals surface area contributed by atoms with E-state index >= 15 is 0 Å². The lowest BCUT2D eigenvalue weighted by atomic mass is 10.00. The number of H-pyrrole nitrogens is 1. The topological polar surface area (TPSA) is 108 Å². The molecule has 2 aromatic rings. The van der Waals surface area contributed by atoms with E-state index in [4.69, 9.17) is 4.74 Å². The summed E-state index contributed by atoms with van der Waals surface area (Å²) in [4.78, 5) is 26.7. The third-order valence-electron chi connectivity index (χ3n) is 4.70. The summed E-state index contributed by atoms with van der Waals surface area (Å²) in [7, 11) is 1.61. The summed E-state index contributed by atoms with van der Waals surface area (Å²) in [6, 6.07) is 6.62. The molecule has 2 heterocycles. The van der Waals surface area contributed by atoms with Crippen molar-refractivity contribution in [2.75, 3.05) is 26.8 Å². The molecular formula is C19H24N4O4. The van der Waals surface area contributed by atoms with Crippen LogP contribution in [0.3, 0.4) is 0 Å². The van der Waals surface area contributed by atoms with Gasteiger partial charge in [-0.2, -0.15) is 5.10 Å². The molecule has 0 spiro atoms. The Morgan fingerprint density at radius 1 is 1.44 bits per heavy atom. The van der Waals surface area contributed by atoms with Crippen LogP contribution < -0.4 is 5.32 Å². The smallest absolute Gasteiger partial charge is 0.254 e. The molecule has 0 saturated carbocycles. The van der Waals surface area contributed by atoms with Crippen molar-refractivity contribution in [2.45, 2.75) is 26.0 Å². The van der Waals surface area contributed by atoms with Crippen LogP contribution in [0.2, 0.25) is 0 Å². The highest BCUT2D eigenvalue weighted by Gasteiger charge is 2.33. The molecule has 8 nitrogen and oxygen atoms in total. The van der Waals surface area contributed by atoms with Crippen molar-refractivity contribution in [3.63, 3.8) is 0 Å². The normalized spacial score (nSPS) is 17.1. The number of nitrogens with one attached hydrogen (secondary N) is 2. The Balaban J connectivity index is 1.92. The summed E-state index contributed by atoms with van der Waals surface area (Å²) in [6.45, 7) is 2.95. The lowest BCUT2D eigenvalue weighted by Gasteiger charge is -2.35. The second kappa shape index (κ2) is 8.32. The summed E-state index contributed by atoms with van der Waals surface area (Å²) >= 11 is 0. The third-order valence-corrected chi connectivity index (χ3v) is 4.70. The molecule has 1 aromatic carbocycles. The Kier molecular flexibility index (Phi) is 5.88. The lowest BCUT2D eigenvalue weighted by Crippen LogP contribution is -2.57. The highest BCUT2D eigenvalue weighted by atomic mass is 16.5. The van der Waals surface area contributed by atoms with E-state index in [0.717, 1.165) is 22.5 Å². The SMILES string of the molecule is COCc1n[nH]c(C)c1-c1cccc(C(=O)N2CCNC(=O)C2CCO)c1. The van der Waals surface area contributed by atoms with Gasteiger partial charge in [-0.05, 0) is 31.0 Å². The van der Waals surface area contributed by atoms with Gasteiger partial charge in [0.1, 0.15) is 6.04 Å². The number of hydrogen-bond donors (Lipinski definition) is 3.